The van der Waals surface area contributed by atoms with Crippen LogP contribution in [-0.4, -0.2) is 102 Å². The molecule has 2 N–H and O–H groups in total. The third kappa shape index (κ3) is 7.77. The third-order valence-electron chi connectivity index (χ3n) is 10.2. The number of benzene rings is 2. The van der Waals surface area contributed by atoms with Gasteiger partial charge in [0.2, 0.25) is 11.8 Å². The van der Waals surface area contributed by atoms with E-state index in [1.165, 1.54) is 17.4 Å². The number of likely N-dealkylation sites (N-methyl/N-ethyl adjacent to an activating group) is 1. The van der Waals surface area contributed by atoms with E-state index in [1.807, 2.05) is 24.3 Å². The molecule has 1 aromatic heterocycles. The summed E-state index contributed by atoms with van der Waals surface area (Å²) in [5.41, 5.74) is 0.702. The number of hydrogen-bond acceptors (Lipinski definition) is 7. The smallest absolute Gasteiger partial charge is 0.306 e. The molecule has 2 saturated heterocycles. The van der Waals surface area contributed by atoms with E-state index < -0.39 is 17.7 Å². The highest BCUT2D eigenvalue weighted by Gasteiger charge is 2.44. The van der Waals surface area contributed by atoms with E-state index in [-0.39, 0.29) is 71.3 Å². The summed E-state index contributed by atoms with van der Waals surface area (Å²) in [4.78, 5) is 57.0. The first kappa shape index (κ1) is 35.3. The number of likely N-dealkylation sites (tertiary alicyclic amines) is 2. The Morgan fingerprint density at radius 1 is 1.10 bits per heavy atom. The van der Waals surface area contributed by atoms with Crippen LogP contribution in [0.2, 0.25) is 5.02 Å². The molecule has 2 aromatic carbocycles. The number of amides is 3. The molecule has 1 saturated carbocycles. The lowest BCUT2D eigenvalue weighted by Gasteiger charge is -2.31. The number of carboxylic acids is 1. The molecule has 3 aliphatic rings. The fourth-order valence-corrected chi connectivity index (χ4v) is 8.71. The lowest BCUT2D eigenvalue weighted by atomic mass is 9.87. The summed E-state index contributed by atoms with van der Waals surface area (Å²) in [6.45, 7) is 1.41. The summed E-state index contributed by atoms with van der Waals surface area (Å²) in [5.74, 6) is -2.43. The predicted molar refractivity (Wildman–Crippen MR) is 187 cm³/mol. The monoisotopic (exact) mass is 712 g/mol. The van der Waals surface area contributed by atoms with E-state index in [0.717, 1.165) is 35.5 Å². The molecule has 262 valence electrons. The lowest BCUT2D eigenvalue weighted by Crippen LogP contribution is -2.48. The van der Waals surface area contributed by atoms with Crippen molar-refractivity contribution in [2.75, 3.05) is 39.1 Å². The Hall–Kier alpha value is -3.58. The second-order valence-corrected chi connectivity index (χ2v) is 14.9. The summed E-state index contributed by atoms with van der Waals surface area (Å²) in [5, 5.41) is 14.8. The van der Waals surface area contributed by atoms with Crippen LogP contribution in [0.15, 0.2) is 41.8 Å². The van der Waals surface area contributed by atoms with Crippen molar-refractivity contribution in [3.05, 3.63) is 63.7 Å². The first-order valence-electron chi connectivity index (χ1n) is 16.9. The molecular formula is C36H42ClFN4O6S. The van der Waals surface area contributed by atoms with Crippen molar-refractivity contribution in [1.29, 1.82) is 0 Å². The molecule has 3 aromatic rings. The van der Waals surface area contributed by atoms with E-state index in [9.17, 15) is 24.3 Å². The number of carbonyl (C=O) groups excluding carboxylic acids is 3. The summed E-state index contributed by atoms with van der Waals surface area (Å²) in [6, 6.07) is 9.47. The minimum atomic E-state index is -0.778. The quantitative estimate of drug-likeness (QED) is 0.278. The van der Waals surface area contributed by atoms with Crippen molar-refractivity contribution in [3.8, 4) is 0 Å². The van der Waals surface area contributed by atoms with Crippen molar-refractivity contribution in [3.63, 3.8) is 0 Å². The molecule has 49 heavy (non-hydrogen) atoms. The molecule has 2 aliphatic heterocycles. The van der Waals surface area contributed by atoms with Crippen molar-refractivity contribution in [2.24, 2.45) is 5.92 Å². The fourth-order valence-electron chi connectivity index (χ4n) is 7.54. The maximum absolute atomic E-state index is 15.5. The Morgan fingerprint density at radius 3 is 2.59 bits per heavy atom. The molecule has 0 bridgehead atoms. The van der Waals surface area contributed by atoms with Crippen molar-refractivity contribution in [1.82, 2.24) is 14.7 Å². The fraction of sp³-hybridized carbons (Fsp3) is 0.500. The van der Waals surface area contributed by atoms with E-state index in [4.69, 9.17) is 16.3 Å². The first-order valence-corrected chi connectivity index (χ1v) is 18.1. The summed E-state index contributed by atoms with van der Waals surface area (Å²) in [7, 11) is 3.50. The number of halogens is 2. The lowest BCUT2D eigenvalue weighted by molar-refractivity contribution is -0.144. The summed E-state index contributed by atoms with van der Waals surface area (Å²) < 4.78 is 22.8. The van der Waals surface area contributed by atoms with Gasteiger partial charge in [-0.15, -0.1) is 11.3 Å². The van der Waals surface area contributed by atoms with Gasteiger partial charge in [-0.2, -0.15) is 0 Å². The second-order valence-electron chi connectivity index (χ2n) is 13.6. The number of carbonyl (C=O) groups is 4. The van der Waals surface area contributed by atoms with Crippen molar-refractivity contribution < 1.29 is 33.4 Å². The zero-order valence-corrected chi connectivity index (χ0v) is 29.3. The summed E-state index contributed by atoms with van der Waals surface area (Å²) >= 11 is 7.98. The summed E-state index contributed by atoms with van der Waals surface area (Å²) in [6.07, 6.45) is 4.32. The molecule has 3 amide bonds. The Bertz CT molecular complexity index is 1730. The molecule has 3 fully saturated rings. The van der Waals surface area contributed by atoms with Crippen molar-refractivity contribution in [2.45, 2.75) is 75.6 Å². The minimum absolute atomic E-state index is 0.0429. The van der Waals surface area contributed by atoms with Crippen LogP contribution in [-0.2, 0) is 25.5 Å². The topological polar surface area (TPSA) is 119 Å². The number of hydrogen-bond donors (Lipinski definition) is 2. The van der Waals surface area contributed by atoms with Gasteiger partial charge in [0.1, 0.15) is 5.82 Å². The Labute approximate surface area is 294 Å². The molecule has 6 rings (SSSR count). The molecular weight excluding hydrogens is 671 g/mol. The van der Waals surface area contributed by atoms with Gasteiger partial charge in [-0.1, -0.05) is 29.8 Å². The molecule has 10 nitrogen and oxygen atoms in total. The number of carboxylic acid groups (broad SMARTS) is 1. The molecule has 3 atom stereocenters. The Morgan fingerprint density at radius 2 is 1.86 bits per heavy atom. The van der Waals surface area contributed by atoms with E-state index in [1.54, 1.807) is 29.3 Å². The number of thiophene rings is 1. The SMILES string of the molecule is CN(C)C(=O)[C@@H]1CCCN1[C@H]1C[C@@H](CO[C@H]2CC[C@H](C(=O)O)CC2)N(C(=O)Cc2cc(Cl)c(NC(=O)c3csc4ccccc34)cc2F)C1. The molecule has 13 heteroatoms. The number of rotatable bonds is 10. The van der Waals surface area contributed by atoms with Crippen LogP contribution in [0.4, 0.5) is 10.1 Å². The third-order valence-corrected chi connectivity index (χ3v) is 11.5. The highest BCUT2D eigenvalue weighted by Crippen LogP contribution is 2.34. The number of fused-ring (bicyclic) bond motifs is 1. The van der Waals surface area contributed by atoms with Crippen LogP contribution < -0.4 is 5.32 Å². The van der Waals surface area contributed by atoms with E-state index >= 15 is 4.39 Å². The molecule has 3 heterocycles. The second kappa shape index (κ2) is 15.1. The average molecular weight is 713 g/mol. The van der Waals surface area contributed by atoms with Crippen LogP contribution in [0, 0.1) is 11.7 Å². The van der Waals surface area contributed by atoms with Gasteiger partial charge in [0.05, 0.1) is 53.4 Å². The van der Waals surface area contributed by atoms with Gasteiger partial charge in [0.25, 0.3) is 5.91 Å². The zero-order chi connectivity index (χ0) is 34.8. The number of aliphatic carboxylic acids is 1. The minimum Gasteiger partial charge on any atom is -0.481 e. The van der Waals surface area contributed by atoms with Crippen LogP contribution in [0.25, 0.3) is 10.1 Å². The maximum atomic E-state index is 15.5. The molecule has 0 radical (unpaired) electrons. The Balaban J connectivity index is 1.15. The van der Waals surface area contributed by atoms with Crippen LogP contribution in [0.1, 0.15) is 60.9 Å². The van der Waals surface area contributed by atoms with Crippen LogP contribution >= 0.6 is 22.9 Å². The van der Waals surface area contributed by atoms with Gasteiger partial charge in [-0.3, -0.25) is 24.1 Å². The Kier molecular flexibility index (Phi) is 10.9. The molecule has 0 unspecified atom stereocenters. The number of anilines is 1. The largest absolute Gasteiger partial charge is 0.481 e. The highest BCUT2D eigenvalue weighted by atomic mass is 35.5. The van der Waals surface area contributed by atoms with Crippen LogP contribution in [0.5, 0.6) is 0 Å². The molecule has 0 spiro atoms. The number of ether oxygens (including phenoxy) is 1. The standard InChI is InChI=1S/C36H42ClFN4O6S/c1-40(2)35(45)31-7-5-13-41(31)23-16-24(19-48-25-11-9-21(10-12-25)36(46)47)42(18-23)33(43)15-22-14-28(37)30(17-29(22)38)39-34(44)27-20-49-32-8-4-3-6-26(27)32/h3-4,6,8,14,17,20-21,23-25,31H,5,7,9-13,15-16,18-19H2,1-2H3,(H,39,44)(H,46,47)/t21-,23-,24-,25-,31-/m0/s1. The van der Waals surface area contributed by atoms with Gasteiger partial charge in [-0.05, 0) is 75.3 Å². The van der Waals surface area contributed by atoms with E-state index in [0.29, 0.717) is 44.2 Å². The highest BCUT2D eigenvalue weighted by molar-refractivity contribution is 7.17. The van der Waals surface area contributed by atoms with E-state index in [2.05, 4.69) is 10.2 Å². The maximum Gasteiger partial charge on any atom is 0.306 e. The number of nitrogens with one attached hydrogen (secondary N) is 1. The number of nitrogens with zero attached hydrogens (tertiary/aromatic N) is 3. The normalized spacial score (nSPS) is 24.3. The van der Waals surface area contributed by atoms with Gasteiger partial charge in [0, 0.05) is 42.1 Å². The average Bonchev–Trinajstić information content (AvgIpc) is 3.84. The van der Waals surface area contributed by atoms with Crippen LogP contribution in [0.3, 0.4) is 0 Å². The van der Waals surface area contributed by atoms with Gasteiger partial charge in [-0.25, -0.2) is 4.39 Å². The van der Waals surface area contributed by atoms with Gasteiger partial charge >= 0.3 is 5.97 Å². The first-order chi connectivity index (χ1) is 23.5. The molecule has 1 aliphatic carbocycles. The van der Waals surface area contributed by atoms with Gasteiger partial charge < -0.3 is 25.0 Å². The zero-order valence-electron chi connectivity index (χ0n) is 27.7. The van der Waals surface area contributed by atoms with Gasteiger partial charge in [0.15, 0.2) is 0 Å². The van der Waals surface area contributed by atoms with Crippen molar-refractivity contribution >= 4 is 62.4 Å². The predicted octanol–water partition coefficient (Wildman–Crippen LogP) is 5.67.